The van der Waals surface area contributed by atoms with Crippen molar-refractivity contribution in [1.29, 1.82) is 0 Å². The van der Waals surface area contributed by atoms with Crippen molar-refractivity contribution >= 4 is 0 Å². The van der Waals surface area contributed by atoms with E-state index in [-0.39, 0.29) is 5.92 Å². The fraction of sp³-hybridized carbons (Fsp3) is 0.400. The van der Waals surface area contributed by atoms with Crippen molar-refractivity contribution in [2.75, 3.05) is 6.54 Å². The molecule has 3 heteroatoms. The Balaban J connectivity index is 2.87. The monoisotopic (exact) mass is 185 g/mol. The van der Waals surface area contributed by atoms with E-state index in [1.54, 1.807) is 0 Å². The molecule has 1 aromatic rings. The van der Waals surface area contributed by atoms with E-state index >= 15 is 0 Å². The third-order valence-corrected chi connectivity index (χ3v) is 2.05. The predicted molar refractivity (Wildman–Crippen MR) is 48.4 cm³/mol. The lowest BCUT2D eigenvalue weighted by Gasteiger charge is -2.10. The van der Waals surface area contributed by atoms with Gasteiger partial charge >= 0.3 is 0 Å². The molecule has 0 aromatic heterocycles. The standard InChI is InChI=1S/C10H13F2N/c1-7(2-3-13)8-4-9(11)6-10(12)5-8/h4-7H,2-3,13H2,1H3. The Hall–Kier alpha value is -0.960. The summed E-state index contributed by atoms with van der Waals surface area (Å²) in [7, 11) is 0. The van der Waals surface area contributed by atoms with Gasteiger partial charge in [0.05, 0.1) is 0 Å². The van der Waals surface area contributed by atoms with E-state index in [0.717, 1.165) is 12.5 Å². The lowest BCUT2D eigenvalue weighted by molar-refractivity contribution is 0.572. The van der Waals surface area contributed by atoms with Crippen molar-refractivity contribution in [3.8, 4) is 0 Å². The highest BCUT2D eigenvalue weighted by molar-refractivity contribution is 5.21. The van der Waals surface area contributed by atoms with E-state index in [4.69, 9.17) is 5.73 Å². The maximum absolute atomic E-state index is 12.8. The highest BCUT2D eigenvalue weighted by atomic mass is 19.1. The third kappa shape index (κ3) is 2.77. The van der Waals surface area contributed by atoms with Crippen LogP contribution in [0.2, 0.25) is 0 Å². The topological polar surface area (TPSA) is 26.0 Å². The zero-order valence-corrected chi connectivity index (χ0v) is 7.56. The molecule has 0 saturated carbocycles. The van der Waals surface area contributed by atoms with E-state index in [2.05, 4.69) is 0 Å². The minimum atomic E-state index is -0.529. The van der Waals surface area contributed by atoms with E-state index in [1.165, 1.54) is 12.1 Å². The first kappa shape index (κ1) is 10.1. The minimum absolute atomic E-state index is 0.107. The fourth-order valence-electron chi connectivity index (χ4n) is 1.28. The number of halogens is 2. The van der Waals surface area contributed by atoms with Crippen LogP contribution in [0.25, 0.3) is 0 Å². The molecule has 0 aliphatic heterocycles. The lowest BCUT2D eigenvalue weighted by atomic mass is 9.98. The van der Waals surface area contributed by atoms with Crippen LogP contribution in [-0.2, 0) is 0 Å². The smallest absolute Gasteiger partial charge is 0.126 e. The summed E-state index contributed by atoms with van der Waals surface area (Å²) in [6.45, 7) is 2.43. The van der Waals surface area contributed by atoms with Gasteiger partial charge in [-0.1, -0.05) is 6.92 Å². The van der Waals surface area contributed by atoms with Crippen LogP contribution in [0.1, 0.15) is 24.8 Å². The van der Waals surface area contributed by atoms with Crippen LogP contribution in [-0.4, -0.2) is 6.54 Å². The maximum atomic E-state index is 12.8. The molecule has 1 atom stereocenters. The molecule has 0 bridgehead atoms. The molecular formula is C10H13F2N. The zero-order chi connectivity index (χ0) is 9.84. The molecule has 0 aliphatic rings. The predicted octanol–water partition coefficient (Wildman–Crippen LogP) is 2.42. The minimum Gasteiger partial charge on any atom is -0.330 e. The highest BCUT2D eigenvalue weighted by Crippen LogP contribution is 2.20. The van der Waals surface area contributed by atoms with Crippen LogP contribution in [0.15, 0.2) is 18.2 Å². The summed E-state index contributed by atoms with van der Waals surface area (Å²) in [6, 6.07) is 3.57. The van der Waals surface area contributed by atoms with Crippen LogP contribution in [0.3, 0.4) is 0 Å². The van der Waals surface area contributed by atoms with Gasteiger partial charge in [0.25, 0.3) is 0 Å². The first-order valence-corrected chi connectivity index (χ1v) is 4.29. The molecule has 13 heavy (non-hydrogen) atoms. The Morgan fingerprint density at radius 3 is 2.23 bits per heavy atom. The molecule has 0 radical (unpaired) electrons. The average molecular weight is 185 g/mol. The Morgan fingerprint density at radius 1 is 1.23 bits per heavy atom. The quantitative estimate of drug-likeness (QED) is 0.768. The van der Waals surface area contributed by atoms with Crippen molar-refractivity contribution < 1.29 is 8.78 Å². The molecule has 0 heterocycles. The van der Waals surface area contributed by atoms with Gasteiger partial charge in [-0.15, -0.1) is 0 Å². The summed E-state index contributed by atoms with van der Waals surface area (Å²) in [5.41, 5.74) is 6.02. The molecule has 0 amide bonds. The molecule has 0 fully saturated rings. The van der Waals surface area contributed by atoms with Crippen LogP contribution in [0.5, 0.6) is 0 Å². The Kier molecular flexibility index (Phi) is 3.37. The molecule has 0 aliphatic carbocycles. The van der Waals surface area contributed by atoms with Crippen molar-refractivity contribution in [2.24, 2.45) is 5.73 Å². The SMILES string of the molecule is CC(CCN)c1cc(F)cc(F)c1. The first-order valence-electron chi connectivity index (χ1n) is 4.29. The van der Waals surface area contributed by atoms with Gasteiger partial charge in [0, 0.05) is 6.07 Å². The lowest BCUT2D eigenvalue weighted by Crippen LogP contribution is -2.05. The summed E-state index contributed by atoms with van der Waals surface area (Å²) in [6.07, 6.45) is 0.739. The number of nitrogens with two attached hydrogens (primary N) is 1. The van der Waals surface area contributed by atoms with Crippen molar-refractivity contribution in [1.82, 2.24) is 0 Å². The normalized spacial score (nSPS) is 12.9. The second kappa shape index (κ2) is 4.33. The number of rotatable bonds is 3. The van der Waals surface area contributed by atoms with Crippen molar-refractivity contribution in [3.63, 3.8) is 0 Å². The van der Waals surface area contributed by atoms with Crippen LogP contribution in [0.4, 0.5) is 8.78 Å². The Bertz CT molecular complexity index is 266. The van der Waals surface area contributed by atoms with E-state index in [9.17, 15) is 8.78 Å². The molecule has 0 spiro atoms. The number of benzene rings is 1. The van der Waals surface area contributed by atoms with Gasteiger partial charge in [0.2, 0.25) is 0 Å². The summed E-state index contributed by atoms with van der Waals surface area (Å²) in [4.78, 5) is 0. The Morgan fingerprint density at radius 2 is 1.77 bits per heavy atom. The second-order valence-electron chi connectivity index (χ2n) is 3.18. The molecule has 0 saturated heterocycles. The largest absolute Gasteiger partial charge is 0.330 e. The molecule has 2 N–H and O–H groups in total. The van der Waals surface area contributed by atoms with Gasteiger partial charge in [0.15, 0.2) is 0 Å². The zero-order valence-electron chi connectivity index (χ0n) is 7.56. The van der Waals surface area contributed by atoms with Gasteiger partial charge in [-0.05, 0) is 36.6 Å². The van der Waals surface area contributed by atoms with Gasteiger partial charge in [-0.25, -0.2) is 8.78 Å². The fourth-order valence-corrected chi connectivity index (χ4v) is 1.28. The molecule has 72 valence electrons. The van der Waals surface area contributed by atoms with Gasteiger partial charge in [-0.2, -0.15) is 0 Å². The molecule has 1 rings (SSSR count). The van der Waals surface area contributed by atoms with E-state index < -0.39 is 11.6 Å². The van der Waals surface area contributed by atoms with Crippen molar-refractivity contribution in [2.45, 2.75) is 19.3 Å². The maximum Gasteiger partial charge on any atom is 0.126 e. The molecule has 1 aromatic carbocycles. The average Bonchev–Trinajstić information content (AvgIpc) is 2.03. The van der Waals surface area contributed by atoms with Gasteiger partial charge in [0.1, 0.15) is 11.6 Å². The summed E-state index contributed by atoms with van der Waals surface area (Å²) in [5, 5.41) is 0. The number of hydrogen-bond donors (Lipinski definition) is 1. The second-order valence-corrected chi connectivity index (χ2v) is 3.18. The van der Waals surface area contributed by atoms with Crippen LogP contribution < -0.4 is 5.73 Å². The van der Waals surface area contributed by atoms with Gasteiger partial charge < -0.3 is 5.73 Å². The number of hydrogen-bond acceptors (Lipinski definition) is 1. The van der Waals surface area contributed by atoms with Crippen molar-refractivity contribution in [3.05, 3.63) is 35.4 Å². The highest BCUT2D eigenvalue weighted by Gasteiger charge is 2.07. The summed E-state index contributed by atoms with van der Waals surface area (Å²) >= 11 is 0. The molecule has 1 nitrogen and oxygen atoms in total. The van der Waals surface area contributed by atoms with Crippen LogP contribution >= 0.6 is 0 Å². The molecule has 1 unspecified atom stereocenters. The van der Waals surface area contributed by atoms with E-state index in [0.29, 0.717) is 12.1 Å². The van der Waals surface area contributed by atoms with Crippen LogP contribution in [0, 0.1) is 11.6 Å². The summed E-state index contributed by atoms with van der Waals surface area (Å²) < 4.78 is 25.5. The third-order valence-electron chi connectivity index (χ3n) is 2.05. The van der Waals surface area contributed by atoms with Gasteiger partial charge in [-0.3, -0.25) is 0 Å². The summed E-state index contributed by atoms with van der Waals surface area (Å²) in [5.74, 6) is -0.951. The molecular weight excluding hydrogens is 172 g/mol. The first-order chi connectivity index (χ1) is 6.13. The Labute approximate surface area is 76.6 Å². The van der Waals surface area contributed by atoms with E-state index in [1.807, 2.05) is 6.92 Å².